The number of carbonyl (C=O) groups is 1. The minimum Gasteiger partial charge on any atom is -0.325 e. The standard InChI is InChI=1S/C16H20N2O/c1-11-5-8-15(14(10-11)4-3-9-17)18-16(19)12(2)13-6-7-13/h5,8,10,12-13H,6-7,9,17H2,1-2H3,(H,18,19). The van der Waals surface area contributed by atoms with Crippen LogP contribution in [0.15, 0.2) is 18.2 Å². The number of anilines is 1. The monoisotopic (exact) mass is 256 g/mol. The fourth-order valence-electron chi connectivity index (χ4n) is 2.07. The zero-order chi connectivity index (χ0) is 13.8. The summed E-state index contributed by atoms with van der Waals surface area (Å²) in [6, 6.07) is 5.86. The number of hydrogen-bond donors (Lipinski definition) is 2. The maximum Gasteiger partial charge on any atom is 0.227 e. The van der Waals surface area contributed by atoms with Crippen molar-refractivity contribution in [3.05, 3.63) is 29.3 Å². The Kier molecular flexibility index (Phi) is 4.24. The molecule has 1 aromatic carbocycles. The lowest BCUT2D eigenvalue weighted by molar-refractivity contribution is -0.119. The Hall–Kier alpha value is -1.79. The first-order valence-corrected chi connectivity index (χ1v) is 6.72. The van der Waals surface area contributed by atoms with Gasteiger partial charge in [-0.05, 0) is 43.4 Å². The molecule has 3 heteroatoms. The molecule has 1 amide bonds. The van der Waals surface area contributed by atoms with Crippen molar-refractivity contribution in [3.63, 3.8) is 0 Å². The quantitative estimate of drug-likeness (QED) is 0.815. The van der Waals surface area contributed by atoms with Gasteiger partial charge < -0.3 is 11.1 Å². The van der Waals surface area contributed by atoms with E-state index in [-0.39, 0.29) is 11.8 Å². The summed E-state index contributed by atoms with van der Waals surface area (Å²) in [6.45, 7) is 4.32. The SMILES string of the molecule is Cc1ccc(NC(=O)C(C)C2CC2)c(C#CCN)c1. The minimum absolute atomic E-state index is 0.0802. The maximum absolute atomic E-state index is 12.1. The van der Waals surface area contributed by atoms with E-state index in [2.05, 4.69) is 17.2 Å². The molecule has 0 heterocycles. The first-order valence-electron chi connectivity index (χ1n) is 6.72. The zero-order valence-corrected chi connectivity index (χ0v) is 11.5. The molecule has 0 saturated heterocycles. The van der Waals surface area contributed by atoms with Gasteiger partial charge in [-0.3, -0.25) is 4.79 Å². The van der Waals surface area contributed by atoms with E-state index in [1.807, 2.05) is 32.0 Å². The predicted octanol–water partition coefficient (Wildman–Crippen LogP) is 2.29. The van der Waals surface area contributed by atoms with Crippen molar-refractivity contribution in [2.24, 2.45) is 17.6 Å². The molecule has 1 atom stereocenters. The lowest BCUT2D eigenvalue weighted by Crippen LogP contribution is -2.22. The van der Waals surface area contributed by atoms with Crippen LogP contribution in [0.2, 0.25) is 0 Å². The Morgan fingerprint density at radius 1 is 1.53 bits per heavy atom. The van der Waals surface area contributed by atoms with Crippen LogP contribution < -0.4 is 11.1 Å². The minimum atomic E-state index is 0.0802. The molecular formula is C16H20N2O. The molecule has 2 rings (SSSR count). The summed E-state index contributed by atoms with van der Waals surface area (Å²) < 4.78 is 0. The molecule has 1 saturated carbocycles. The average Bonchev–Trinajstić information content (AvgIpc) is 3.22. The number of amides is 1. The number of carbonyl (C=O) groups excluding carboxylic acids is 1. The summed E-state index contributed by atoms with van der Waals surface area (Å²) in [6.07, 6.45) is 2.34. The van der Waals surface area contributed by atoms with E-state index >= 15 is 0 Å². The van der Waals surface area contributed by atoms with Gasteiger partial charge in [-0.25, -0.2) is 0 Å². The number of benzene rings is 1. The third-order valence-corrected chi connectivity index (χ3v) is 3.50. The Morgan fingerprint density at radius 2 is 2.26 bits per heavy atom. The van der Waals surface area contributed by atoms with Crippen LogP contribution in [0.1, 0.15) is 30.9 Å². The van der Waals surface area contributed by atoms with E-state index in [0.717, 1.165) is 16.8 Å². The van der Waals surface area contributed by atoms with E-state index in [1.54, 1.807) is 0 Å². The second-order valence-corrected chi connectivity index (χ2v) is 5.17. The summed E-state index contributed by atoms with van der Waals surface area (Å²) in [7, 11) is 0. The van der Waals surface area contributed by atoms with Gasteiger partial charge in [-0.15, -0.1) is 0 Å². The van der Waals surface area contributed by atoms with Crippen LogP contribution in [0.3, 0.4) is 0 Å². The van der Waals surface area contributed by atoms with E-state index in [0.29, 0.717) is 12.5 Å². The molecule has 0 bridgehead atoms. The molecule has 1 unspecified atom stereocenters. The van der Waals surface area contributed by atoms with Crippen LogP contribution in [0, 0.1) is 30.6 Å². The first kappa shape index (κ1) is 13.6. The Labute approximate surface area is 114 Å². The molecule has 1 fully saturated rings. The lowest BCUT2D eigenvalue weighted by Gasteiger charge is -2.13. The summed E-state index contributed by atoms with van der Waals surface area (Å²) in [5, 5.41) is 2.99. The smallest absolute Gasteiger partial charge is 0.227 e. The summed E-state index contributed by atoms with van der Waals surface area (Å²) >= 11 is 0. The molecule has 1 aliphatic rings. The van der Waals surface area contributed by atoms with Gasteiger partial charge in [0.25, 0.3) is 0 Å². The number of aryl methyl sites for hydroxylation is 1. The Bertz CT molecular complexity index is 535. The maximum atomic E-state index is 12.1. The normalized spacial score (nSPS) is 15.3. The van der Waals surface area contributed by atoms with E-state index in [9.17, 15) is 4.79 Å². The van der Waals surface area contributed by atoms with Crippen molar-refractivity contribution in [1.82, 2.24) is 0 Å². The van der Waals surface area contributed by atoms with Gasteiger partial charge in [0.05, 0.1) is 12.2 Å². The lowest BCUT2D eigenvalue weighted by atomic mass is 10.0. The van der Waals surface area contributed by atoms with E-state index in [4.69, 9.17) is 5.73 Å². The van der Waals surface area contributed by atoms with Crippen molar-refractivity contribution < 1.29 is 4.79 Å². The molecule has 0 radical (unpaired) electrons. The molecule has 3 nitrogen and oxygen atoms in total. The zero-order valence-electron chi connectivity index (χ0n) is 11.5. The highest BCUT2D eigenvalue weighted by atomic mass is 16.1. The van der Waals surface area contributed by atoms with Gasteiger partial charge in [0, 0.05) is 11.5 Å². The Morgan fingerprint density at radius 3 is 2.89 bits per heavy atom. The molecular weight excluding hydrogens is 236 g/mol. The Balaban J connectivity index is 2.16. The second kappa shape index (κ2) is 5.90. The summed E-state index contributed by atoms with van der Waals surface area (Å²) in [4.78, 5) is 12.1. The molecule has 3 N–H and O–H groups in total. The van der Waals surface area contributed by atoms with Crippen molar-refractivity contribution in [1.29, 1.82) is 0 Å². The van der Waals surface area contributed by atoms with Gasteiger partial charge >= 0.3 is 0 Å². The van der Waals surface area contributed by atoms with Crippen molar-refractivity contribution in [3.8, 4) is 11.8 Å². The number of hydrogen-bond acceptors (Lipinski definition) is 2. The van der Waals surface area contributed by atoms with Crippen molar-refractivity contribution >= 4 is 11.6 Å². The molecule has 0 spiro atoms. The van der Waals surface area contributed by atoms with E-state index in [1.165, 1.54) is 12.8 Å². The second-order valence-electron chi connectivity index (χ2n) is 5.17. The highest BCUT2D eigenvalue weighted by Crippen LogP contribution is 2.37. The molecule has 19 heavy (non-hydrogen) atoms. The van der Waals surface area contributed by atoms with Crippen LogP contribution in [0.4, 0.5) is 5.69 Å². The van der Waals surface area contributed by atoms with Crippen LogP contribution in [-0.4, -0.2) is 12.5 Å². The number of nitrogens with two attached hydrogens (primary N) is 1. The van der Waals surface area contributed by atoms with Gasteiger partial charge in [-0.1, -0.05) is 24.8 Å². The average molecular weight is 256 g/mol. The van der Waals surface area contributed by atoms with Gasteiger partial charge in [0.15, 0.2) is 0 Å². The number of nitrogens with one attached hydrogen (secondary N) is 1. The third kappa shape index (κ3) is 3.59. The predicted molar refractivity (Wildman–Crippen MR) is 77.6 cm³/mol. The van der Waals surface area contributed by atoms with Crippen LogP contribution >= 0.6 is 0 Å². The fourth-order valence-corrected chi connectivity index (χ4v) is 2.07. The van der Waals surface area contributed by atoms with Gasteiger partial charge in [0.1, 0.15) is 0 Å². The fraction of sp³-hybridized carbons (Fsp3) is 0.438. The van der Waals surface area contributed by atoms with Crippen LogP contribution in [-0.2, 0) is 4.79 Å². The summed E-state index contributed by atoms with van der Waals surface area (Å²) in [5.74, 6) is 6.57. The first-order chi connectivity index (χ1) is 9.11. The van der Waals surface area contributed by atoms with Gasteiger partial charge in [-0.2, -0.15) is 0 Å². The third-order valence-electron chi connectivity index (χ3n) is 3.50. The van der Waals surface area contributed by atoms with Crippen LogP contribution in [0.25, 0.3) is 0 Å². The molecule has 1 aromatic rings. The van der Waals surface area contributed by atoms with Crippen molar-refractivity contribution in [2.75, 3.05) is 11.9 Å². The molecule has 1 aliphatic carbocycles. The largest absolute Gasteiger partial charge is 0.325 e. The summed E-state index contributed by atoms with van der Waals surface area (Å²) in [5.41, 5.74) is 8.14. The molecule has 0 aromatic heterocycles. The highest BCUT2D eigenvalue weighted by Gasteiger charge is 2.32. The highest BCUT2D eigenvalue weighted by molar-refractivity contribution is 5.94. The van der Waals surface area contributed by atoms with E-state index < -0.39 is 0 Å². The van der Waals surface area contributed by atoms with Gasteiger partial charge in [0.2, 0.25) is 5.91 Å². The van der Waals surface area contributed by atoms with Crippen molar-refractivity contribution in [2.45, 2.75) is 26.7 Å². The molecule has 0 aliphatic heterocycles. The molecule has 100 valence electrons. The topological polar surface area (TPSA) is 55.1 Å². The van der Waals surface area contributed by atoms with Crippen LogP contribution in [0.5, 0.6) is 0 Å². The number of rotatable bonds is 3.